The van der Waals surface area contributed by atoms with Gasteiger partial charge in [0.25, 0.3) is 0 Å². The van der Waals surface area contributed by atoms with Crippen LogP contribution in [0, 0.1) is 17.1 Å². The van der Waals surface area contributed by atoms with Crippen LogP contribution in [0.3, 0.4) is 0 Å². The minimum atomic E-state index is -0.399. The van der Waals surface area contributed by atoms with Crippen molar-refractivity contribution < 1.29 is 9.18 Å². The Morgan fingerprint density at radius 3 is 2.74 bits per heavy atom. The molecule has 1 aromatic carbocycles. The highest BCUT2D eigenvalue weighted by Crippen LogP contribution is 2.25. The van der Waals surface area contributed by atoms with E-state index in [9.17, 15) is 9.18 Å². The molecule has 1 aromatic heterocycles. The van der Waals surface area contributed by atoms with Crippen molar-refractivity contribution in [2.45, 2.75) is 12.1 Å². The maximum absolute atomic E-state index is 13.8. The second-order valence-corrected chi connectivity index (χ2v) is 5.67. The second-order valence-electron chi connectivity index (χ2n) is 4.73. The van der Waals surface area contributed by atoms with Gasteiger partial charge in [-0.2, -0.15) is 5.26 Å². The molecule has 0 unspecified atom stereocenters. The Hall–Kier alpha value is -2.66. The number of nitriles is 1. The van der Waals surface area contributed by atoms with Crippen molar-refractivity contribution in [1.82, 2.24) is 14.8 Å². The number of carbonyl (C=O) groups excluding carboxylic acids is 1. The van der Waals surface area contributed by atoms with Gasteiger partial charge in [0.05, 0.1) is 11.3 Å². The molecule has 1 heterocycles. The van der Waals surface area contributed by atoms with E-state index in [0.717, 1.165) is 11.8 Å². The normalized spacial score (nSPS) is 11.7. The van der Waals surface area contributed by atoms with Crippen LogP contribution in [0.15, 0.2) is 40.7 Å². The number of nitrogens with zero attached hydrogens (tertiary/aromatic N) is 4. The third kappa shape index (κ3) is 3.57. The van der Waals surface area contributed by atoms with Crippen molar-refractivity contribution >= 4 is 17.5 Å². The number of hydrogen-bond donors (Lipinski definition) is 1. The van der Waals surface area contributed by atoms with Gasteiger partial charge in [0.1, 0.15) is 17.5 Å². The molecule has 0 aliphatic heterocycles. The van der Waals surface area contributed by atoms with E-state index in [-0.39, 0.29) is 22.8 Å². The summed E-state index contributed by atoms with van der Waals surface area (Å²) in [7, 11) is 1.68. The number of nitrogens with two attached hydrogens (primary N) is 1. The molecule has 0 spiro atoms. The van der Waals surface area contributed by atoms with E-state index in [1.807, 2.05) is 0 Å². The van der Waals surface area contributed by atoms with Crippen LogP contribution >= 0.6 is 11.8 Å². The molecule has 6 nitrogen and oxygen atoms in total. The Balaban J connectivity index is 2.19. The number of allylic oxidation sites excluding steroid dienone is 2. The lowest BCUT2D eigenvalue weighted by atomic mass is 10.2. The lowest BCUT2D eigenvalue weighted by Gasteiger charge is -2.04. The van der Waals surface area contributed by atoms with Crippen LogP contribution in [-0.4, -0.2) is 26.3 Å². The van der Waals surface area contributed by atoms with Crippen LogP contribution < -0.4 is 5.73 Å². The molecular formula is C15H14FN5OS. The summed E-state index contributed by atoms with van der Waals surface area (Å²) < 4.78 is 15.4. The molecule has 0 aliphatic rings. The first-order valence-electron chi connectivity index (χ1n) is 6.62. The monoisotopic (exact) mass is 331 g/mol. The van der Waals surface area contributed by atoms with E-state index in [4.69, 9.17) is 11.0 Å². The smallest absolute Gasteiger partial charge is 0.191 e. The molecule has 0 bridgehead atoms. The zero-order valence-corrected chi connectivity index (χ0v) is 13.4. The summed E-state index contributed by atoms with van der Waals surface area (Å²) in [5.41, 5.74) is 5.95. The molecule has 8 heteroatoms. The lowest BCUT2D eigenvalue weighted by molar-refractivity contribution is -0.112. The third-order valence-electron chi connectivity index (χ3n) is 3.07. The van der Waals surface area contributed by atoms with E-state index >= 15 is 0 Å². The van der Waals surface area contributed by atoms with Gasteiger partial charge in [-0.15, -0.1) is 10.2 Å². The largest absolute Gasteiger partial charge is 0.401 e. The lowest BCUT2D eigenvalue weighted by Crippen LogP contribution is -2.10. The molecule has 0 amide bonds. The van der Waals surface area contributed by atoms with Gasteiger partial charge >= 0.3 is 0 Å². The van der Waals surface area contributed by atoms with E-state index in [1.54, 1.807) is 35.9 Å². The highest BCUT2D eigenvalue weighted by atomic mass is 32.2. The fraction of sp³-hybridized carbons (Fsp3) is 0.200. The van der Waals surface area contributed by atoms with Crippen molar-refractivity contribution in [3.8, 4) is 17.5 Å². The van der Waals surface area contributed by atoms with E-state index in [1.165, 1.54) is 13.0 Å². The SMILES string of the molecule is C/C(N)=C(\C#N)C(=O)CSc1nnc(-c2ccccc2F)n1C. The Kier molecular flexibility index (Phi) is 5.13. The first-order chi connectivity index (χ1) is 11.0. The molecular weight excluding hydrogens is 317 g/mol. The van der Waals surface area contributed by atoms with Gasteiger partial charge in [0.2, 0.25) is 0 Å². The van der Waals surface area contributed by atoms with Crippen molar-refractivity contribution in [2.75, 3.05) is 5.75 Å². The van der Waals surface area contributed by atoms with Gasteiger partial charge in [-0.1, -0.05) is 23.9 Å². The van der Waals surface area contributed by atoms with Gasteiger partial charge < -0.3 is 10.3 Å². The zero-order chi connectivity index (χ0) is 17.0. The summed E-state index contributed by atoms with van der Waals surface area (Å²) in [6.07, 6.45) is 0. The quantitative estimate of drug-likeness (QED) is 0.511. The number of rotatable bonds is 5. The topological polar surface area (TPSA) is 97.6 Å². The number of thioether (sulfide) groups is 1. The first-order valence-corrected chi connectivity index (χ1v) is 7.61. The number of hydrogen-bond acceptors (Lipinski definition) is 6. The van der Waals surface area contributed by atoms with Gasteiger partial charge in [-0.25, -0.2) is 4.39 Å². The summed E-state index contributed by atoms with van der Waals surface area (Å²) in [6.45, 7) is 1.50. The maximum atomic E-state index is 13.8. The van der Waals surface area contributed by atoms with Crippen LogP contribution in [-0.2, 0) is 11.8 Å². The number of aromatic nitrogens is 3. The summed E-state index contributed by atoms with van der Waals surface area (Å²) >= 11 is 1.11. The number of Topliss-reactive ketones (excluding diaryl/α,β-unsaturated/α-hetero) is 1. The number of halogens is 1. The average molecular weight is 331 g/mol. The van der Waals surface area contributed by atoms with Crippen molar-refractivity contribution in [3.63, 3.8) is 0 Å². The zero-order valence-electron chi connectivity index (χ0n) is 12.6. The number of benzene rings is 1. The molecule has 23 heavy (non-hydrogen) atoms. The van der Waals surface area contributed by atoms with E-state index in [2.05, 4.69) is 10.2 Å². The minimum Gasteiger partial charge on any atom is -0.401 e. The van der Waals surface area contributed by atoms with Gasteiger partial charge in [0, 0.05) is 12.7 Å². The fourth-order valence-corrected chi connectivity index (χ4v) is 2.67. The number of carbonyl (C=O) groups is 1. The third-order valence-corrected chi connectivity index (χ3v) is 4.09. The Bertz CT molecular complexity index is 818. The van der Waals surface area contributed by atoms with Crippen LogP contribution in [0.4, 0.5) is 4.39 Å². The van der Waals surface area contributed by atoms with Crippen LogP contribution in [0.25, 0.3) is 11.4 Å². The molecule has 0 aliphatic carbocycles. The molecule has 2 rings (SSSR count). The molecule has 0 fully saturated rings. The van der Waals surface area contributed by atoms with Crippen molar-refractivity contribution in [2.24, 2.45) is 12.8 Å². The Morgan fingerprint density at radius 1 is 1.43 bits per heavy atom. The van der Waals surface area contributed by atoms with E-state index < -0.39 is 5.82 Å². The van der Waals surface area contributed by atoms with E-state index in [0.29, 0.717) is 16.5 Å². The molecule has 0 saturated carbocycles. The van der Waals surface area contributed by atoms with Crippen LogP contribution in [0.1, 0.15) is 6.92 Å². The van der Waals surface area contributed by atoms with Crippen molar-refractivity contribution in [1.29, 1.82) is 5.26 Å². The summed E-state index contributed by atoms with van der Waals surface area (Å²) in [4.78, 5) is 11.9. The molecule has 2 aromatic rings. The first kappa shape index (κ1) is 16.7. The van der Waals surface area contributed by atoms with Crippen LogP contribution in [0.2, 0.25) is 0 Å². The second kappa shape index (κ2) is 7.07. The number of ketones is 1. The highest BCUT2D eigenvalue weighted by Gasteiger charge is 2.17. The van der Waals surface area contributed by atoms with Crippen LogP contribution in [0.5, 0.6) is 0 Å². The molecule has 0 saturated heterocycles. The van der Waals surface area contributed by atoms with Crippen molar-refractivity contribution in [3.05, 3.63) is 41.4 Å². The Labute approximate surface area is 136 Å². The molecule has 2 N–H and O–H groups in total. The van der Waals surface area contributed by atoms with Gasteiger partial charge in [-0.3, -0.25) is 4.79 Å². The summed E-state index contributed by atoms with van der Waals surface area (Å²) in [5, 5.41) is 17.3. The molecule has 0 radical (unpaired) electrons. The summed E-state index contributed by atoms with van der Waals surface area (Å²) in [5.74, 6) is -0.415. The minimum absolute atomic E-state index is 0.000673. The molecule has 0 atom stereocenters. The molecule has 118 valence electrons. The highest BCUT2D eigenvalue weighted by molar-refractivity contribution is 7.99. The maximum Gasteiger partial charge on any atom is 0.191 e. The predicted molar refractivity (Wildman–Crippen MR) is 84.6 cm³/mol. The Morgan fingerprint density at radius 2 is 2.13 bits per heavy atom. The average Bonchev–Trinajstić information content (AvgIpc) is 2.87. The standard InChI is InChI=1S/C15H14FN5OS/c1-9(18)11(7-17)13(22)8-23-15-20-19-14(21(15)2)10-5-3-4-6-12(10)16/h3-6H,8,18H2,1-2H3/b11-9-. The summed E-state index contributed by atoms with van der Waals surface area (Å²) in [6, 6.07) is 8.03. The predicted octanol–water partition coefficient (Wildman–Crippen LogP) is 2.04. The van der Waals surface area contributed by atoms with Gasteiger partial charge in [0.15, 0.2) is 16.8 Å². The fourth-order valence-electron chi connectivity index (χ4n) is 1.89. The van der Waals surface area contributed by atoms with Gasteiger partial charge in [-0.05, 0) is 19.1 Å².